The number of non-ortho nitro benzene ring substituents is 1. The molecule has 0 radical (unpaired) electrons. The van der Waals surface area contributed by atoms with E-state index in [-0.39, 0.29) is 11.4 Å². The average Bonchev–Trinajstić information content (AvgIpc) is 2.47. The molecule has 0 aliphatic rings. The number of anilines is 1. The quantitative estimate of drug-likeness (QED) is 0.350. The minimum absolute atomic E-state index is 0.0810. The fourth-order valence-electron chi connectivity index (χ4n) is 1.64. The van der Waals surface area contributed by atoms with Gasteiger partial charge in [-0.25, -0.2) is 0 Å². The molecule has 2 rings (SSSR count). The minimum atomic E-state index is -0.698. The highest BCUT2D eigenvalue weighted by Crippen LogP contribution is 2.28. The molecule has 0 aliphatic heterocycles. The van der Waals surface area contributed by atoms with Crippen molar-refractivity contribution in [2.45, 2.75) is 0 Å². The van der Waals surface area contributed by atoms with E-state index in [9.17, 15) is 20.2 Å². The molecule has 2 aromatic carbocycles. The predicted octanol–water partition coefficient (Wildman–Crippen LogP) is 3.55. The number of nitro benzene ring substituents is 2. The lowest BCUT2D eigenvalue weighted by atomic mass is 10.2. The largest absolute Gasteiger partial charge is 0.301 e. The van der Waals surface area contributed by atoms with Gasteiger partial charge in [-0.2, -0.15) is 5.10 Å². The Bertz CT molecular complexity index is 763. The lowest BCUT2D eigenvalue weighted by molar-refractivity contribution is -0.393. The third kappa shape index (κ3) is 3.97. The number of rotatable bonds is 5. The van der Waals surface area contributed by atoms with Crippen LogP contribution in [0.4, 0.5) is 17.1 Å². The van der Waals surface area contributed by atoms with Crippen molar-refractivity contribution < 1.29 is 9.85 Å². The van der Waals surface area contributed by atoms with Crippen molar-refractivity contribution in [1.29, 1.82) is 0 Å². The number of nitro groups is 2. The summed E-state index contributed by atoms with van der Waals surface area (Å²) in [7, 11) is 0. The van der Waals surface area contributed by atoms with Gasteiger partial charge >= 0.3 is 5.69 Å². The summed E-state index contributed by atoms with van der Waals surface area (Å²) in [5.74, 6) is 0. The Morgan fingerprint density at radius 2 is 1.86 bits per heavy atom. The first-order chi connectivity index (χ1) is 10.5. The van der Waals surface area contributed by atoms with Crippen LogP contribution in [-0.2, 0) is 0 Å². The molecule has 0 bridgehead atoms. The standard InChI is InChI=1S/C13H9IN4O4/c14-10-3-1-2-9(6-10)8-15-16-12-5-4-11(17(19)20)7-13(12)18(21)22/h1-8,16H/b15-8-. The number of nitrogens with zero attached hydrogens (tertiary/aromatic N) is 3. The molecule has 22 heavy (non-hydrogen) atoms. The third-order valence-electron chi connectivity index (χ3n) is 2.64. The van der Waals surface area contributed by atoms with Gasteiger partial charge < -0.3 is 0 Å². The Balaban J connectivity index is 2.22. The number of hydrogen-bond donors (Lipinski definition) is 1. The fraction of sp³-hybridized carbons (Fsp3) is 0. The number of nitrogens with one attached hydrogen (secondary N) is 1. The lowest BCUT2D eigenvalue weighted by Gasteiger charge is -2.02. The van der Waals surface area contributed by atoms with Crippen molar-refractivity contribution in [3.63, 3.8) is 0 Å². The van der Waals surface area contributed by atoms with E-state index in [0.717, 1.165) is 15.2 Å². The minimum Gasteiger partial charge on any atom is -0.272 e. The second-order valence-electron chi connectivity index (χ2n) is 4.14. The Morgan fingerprint density at radius 3 is 2.50 bits per heavy atom. The third-order valence-corrected chi connectivity index (χ3v) is 3.31. The molecule has 0 heterocycles. The summed E-state index contributed by atoms with van der Waals surface area (Å²) in [5, 5.41) is 25.5. The Kier molecular flexibility index (Phi) is 4.99. The Labute approximate surface area is 138 Å². The topological polar surface area (TPSA) is 111 Å². The first-order valence-corrected chi connectivity index (χ1v) is 7.03. The van der Waals surface area contributed by atoms with Gasteiger partial charge in [0.2, 0.25) is 0 Å². The molecule has 0 atom stereocenters. The van der Waals surface area contributed by atoms with Crippen LogP contribution in [0.1, 0.15) is 5.56 Å². The monoisotopic (exact) mass is 412 g/mol. The Hall–Kier alpha value is -2.56. The number of hydrogen-bond acceptors (Lipinski definition) is 6. The zero-order valence-electron chi connectivity index (χ0n) is 11.0. The number of halogens is 1. The molecule has 0 amide bonds. The van der Waals surface area contributed by atoms with Gasteiger partial charge in [-0.15, -0.1) is 0 Å². The second-order valence-corrected chi connectivity index (χ2v) is 5.39. The molecule has 1 N–H and O–H groups in total. The van der Waals surface area contributed by atoms with E-state index < -0.39 is 15.5 Å². The van der Waals surface area contributed by atoms with Crippen LogP contribution in [0.3, 0.4) is 0 Å². The molecule has 0 saturated carbocycles. The SMILES string of the molecule is O=[N+]([O-])c1ccc(N/N=C\c2cccc(I)c2)c([N+](=O)[O-])c1. The molecule has 0 aliphatic carbocycles. The van der Waals surface area contributed by atoms with Crippen LogP contribution in [0.25, 0.3) is 0 Å². The summed E-state index contributed by atoms with van der Waals surface area (Å²) < 4.78 is 1.03. The first-order valence-electron chi connectivity index (χ1n) is 5.95. The summed E-state index contributed by atoms with van der Waals surface area (Å²) in [5.41, 5.74) is 2.68. The zero-order chi connectivity index (χ0) is 16.1. The summed E-state index contributed by atoms with van der Waals surface area (Å²) >= 11 is 2.16. The van der Waals surface area contributed by atoms with Gasteiger partial charge in [0.05, 0.1) is 22.1 Å². The highest BCUT2D eigenvalue weighted by Gasteiger charge is 2.18. The second kappa shape index (κ2) is 6.93. The smallest absolute Gasteiger partial charge is 0.272 e. The zero-order valence-corrected chi connectivity index (χ0v) is 13.1. The summed E-state index contributed by atoms with van der Waals surface area (Å²) in [6.07, 6.45) is 1.51. The molecular formula is C13H9IN4O4. The van der Waals surface area contributed by atoms with E-state index in [1.54, 1.807) is 0 Å². The van der Waals surface area contributed by atoms with Crippen molar-refractivity contribution in [2.24, 2.45) is 5.10 Å². The molecule has 8 nitrogen and oxygen atoms in total. The summed E-state index contributed by atoms with van der Waals surface area (Å²) in [6.45, 7) is 0. The Morgan fingerprint density at radius 1 is 1.09 bits per heavy atom. The first kappa shape index (κ1) is 15.8. The van der Waals surface area contributed by atoms with E-state index in [2.05, 4.69) is 33.1 Å². The van der Waals surface area contributed by atoms with Crippen molar-refractivity contribution in [1.82, 2.24) is 0 Å². The van der Waals surface area contributed by atoms with E-state index in [0.29, 0.717) is 0 Å². The molecule has 0 fully saturated rings. The van der Waals surface area contributed by atoms with Gasteiger partial charge in [0.25, 0.3) is 5.69 Å². The van der Waals surface area contributed by atoms with Crippen LogP contribution in [0.15, 0.2) is 47.6 Å². The van der Waals surface area contributed by atoms with Crippen LogP contribution in [0.5, 0.6) is 0 Å². The van der Waals surface area contributed by atoms with Crippen LogP contribution in [0.2, 0.25) is 0 Å². The van der Waals surface area contributed by atoms with E-state index in [4.69, 9.17) is 0 Å². The van der Waals surface area contributed by atoms with Crippen molar-refractivity contribution in [3.8, 4) is 0 Å². The molecule has 9 heteroatoms. The van der Waals surface area contributed by atoms with Crippen LogP contribution >= 0.6 is 22.6 Å². The maximum atomic E-state index is 11.0. The predicted molar refractivity (Wildman–Crippen MR) is 90.1 cm³/mol. The van der Waals surface area contributed by atoms with Crippen LogP contribution in [0, 0.1) is 23.8 Å². The molecule has 112 valence electrons. The molecule has 0 aromatic heterocycles. The lowest BCUT2D eigenvalue weighted by Crippen LogP contribution is -1.98. The van der Waals surface area contributed by atoms with Crippen molar-refractivity contribution >= 4 is 45.9 Å². The van der Waals surface area contributed by atoms with Gasteiger partial charge in [0, 0.05) is 9.64 Å². The van der Waals surface area contributed by atoms with Crippen molar-refractivity contribution in [3.05, 3.63) is 71.8 Å². The number of hydrazone groups is 1. The highest BCUT2D eigenvalue weighted by atomic mass is 127. The normalized spacial score (nSPS) is 10.6. The van der Waals surface area contributed by atoms with Gasteiger partial charge in [-0.3, -0.25) is 25.7 Å². The molecule has 2 aromatic rings. The number of benzene rings is 2. The fourth-order valence-corrected chi connectivity index (χ4v) is 2.21. The van der Waals surface area contributed by atoms with Gasteiger partial charge in [0.15, 0.2) is 0 Å². The maximum Gasteiger partial charge on any atom is 0.301 e. The van der Waals surface area contributed by atoms with Gasteiger partial charge in [-0.1, -0.05) is 12.1 Å². The van der Waals surface area contributed by atoms with Crippen LogP contribution < -0.4 is 5.43 Å². The van der Waals surface area contributed by atoms with Gasteiger partial charge in [0.1, 0.15) is 5.69 Å². The molecule has 0 saturated heterocycles. The van der Waals surface area contributed by atoms with E-state index in [1.807, 2.05) is 24.3 Å². The molecular weight excluding hydrogens is 403 g/mol. The van der Waals surface area contributed by atoms with Gasteiger partial charge in [-0.05, 0) is 46.4 Å². The van der Waals surface area contributed by atoms with E-state index >= 15 is 0 Å². The summed E-state index contributed by atoms with van der Waals surface area (Å²) in [6, 6.07) is 10.8. The van der Waals surface area contributed by atoms with Crippen molar-refractivity contribution in [2.75, 3.05) is 5.43 Å². The molecule has 0 spiro atoms. The highest BCUT2D eigenvalue weighted by molar-refractivity contribution is 14.1. The van der Waals surface area contributed by atoms with E-state index in [1.165, 1.54) is 18.3 Å². The van der Waals surface area contributed by atoms with Crippen LogP contribution in [-0.4, -0.2) is 16.1 Å². The molecule has 0 unspecified atom stereocenters. The summed E-state index contributed by atoms with van der Waals surface area (Å²) in [4.78, 5) is 20.2. The maximum absolute atomic E-state index is 11.0. The average molecular weight is 412 g/mol.